The molecule has 3 aliphatic rings. The second-order valence-electron chi connectivity index (χ2n) is 10.5. The van der Waals surface area contributed by atoms with Gasteiger partial charge in [0.25, 0.3) is 5.91 Å². The third kappa shape index (κ3) is 3.58. The molecule has 0 radical (unpaired) electrons. The number of ketones is 2. The molecule has 0 spiro atoms. The molecule has 6 N–H and O–H groups in total. The highest BCUT2D eigenvalue weighted by molar-refractivity contribution is 6.24. The van der Waals surface area contributed by atoms with Crippen LogP contribution in [-0.4, -0.2) is 81.9 Å². The Balaban J connectivity index is 1.73. The first kappa shape index (κ1) is 27.1. The van der Waals surface area contributed by atoms with Crippen LogP contribution in [0.15, 0.2) is 47.2 Å². The number of likely N-dealkylation sites (N-methyl/N-ethyl adjacent to an activating group) is 1. The van der Waals surface area contributed by atoms with Gasteiger partial charge in [-0.15, -0.1) is 0 Å². The number of aldehydes is 1. The van der Waals surface area contributed by atoms with Crippen molar-refractivity contribution in [1.29, 1.82) is 0 Å². The molecule has 1 fully saturated rings. The van der Waals surface area contributed by atoms with E-state index in [1.54, 1.807) is 24.3 Å². The fraction of sp³-hybridized carbons (Fsp3) is 0.310. The van der Waals surface area contributed by atoms with Crippen molar-refractivity contribution in [1.82, 2.24) is 4.90 Å². The third-order valence-corrected chi connectivity index (χ3v) is 8.27. The summed E-state index contributed by atoms with van der Waals surface area (Å²) in [4.78, 5) is 52.3. The standard InChI is InChI=1S/C29H28N2O9/c1-31(2)23-17-10-13-9-16-15(12-4-7-19(40-3)14(8-12)11-32)5-6-18(33)21(16)24(34)20(13)26(36)29(17,39)27(37)22(25(23)35)28(30)38/h4-8,11,13,17,23,33-34,37,39H,9-10H2,1-3H3,(H2,30,38)/t13-,17-,23?,29-/m0/s1. The maximum atomic E-state index is 13.9. The number of Topliss-reactive ketones (excluding diaryl/α,β-unsaturated/α-hetero) is 2. The van der Waals surface area contributed by atoms with Crippen LogP contribution in [0.4, 0.5) is 0 Å². The number of rotatable bonds is 5. The molecule has 0 heterocycles. The number of hydrogen-bond acceptors (Lipinski definition) is 10. The average Bonchev–Trinajstić information content (AvgIpc) is 2.90. The molecule has 11 heteroatoms. The van der Waals surface area contributed by atoms with Crippen molar-refractivity contribution in [2.75, 3.05) is 21.2 Å². The van der Waals surface area contributed by atoms with Gasteiger partial charge in [-0.25, -0.2) is 0 Å². The van der Waals surface area contributed by atoms with Gasteiger partial charge in [0.2, 0.25) is 5.78 Å². The molecule has 0 saturated heterocycles. The Kier molecular flexibility index (Phi) is 6.31. The lowest BCUT2D eigenvalue weighted by molar-refractivity contribution is -0.153. The summed E-state index contributed by atoms with van der Waals surface area (Å²) in [5.74, 6) is -6.75. The van der Waals surface area contributed by atoms with E-state index in [1.807, 2.05) is 0 Å². The van der Waals surface area contributed by atoms with Crippen LogP contribution in [0.2, 0.25) is 0 Å². The summed E-state index contributed by atoms with van der Waals surface area (Å²) in [6, 6.07) is 6.74. The van der Waals surface area contributed by atoms with Crippen molar-refractivity contribution in [2.45, 2.75) is 24.5 Å². The summed E-state index contributed by atoms with van der Waals surface area (Å²) < 4.78 is 5.22. The van der Waals surface area contributed by atoms with Crippen LogP contribution >= 0.6 is 0 Å². The molecule has 4 atom stereocenters. The Hall–Kier alpha value is -4.48. The second kappa shape index (κ2) is 9.32. The Labute approximate surface area is 228 Å². The van der Waals surface area contributed by atoms with Crippen molar-refractivity contribution in [3.63, 3.8) is 0 Å². The fourth-order valence-electron chi connectivity index (χ4n) is 6.51. The summed E-state index contributed by atoms with van der Waals surface area (Å²) in [5.41, 5.74) is 3.48. The van der Waals surface area contributed by atoms with Gasteiger partial charge in [0.15, 0.2) is 17.7 Å². The first-order valence-electron chi connectivity index (χ1n) is 12.5. The maximum absolute atomic E-state index is 13.9. The smallest absolute Gasteiger partial charge is 0.255 e. The molecule has 2 aromatic carbocycles. The van der Waals surface area contributed by atoms with E-state index in [0.717, 1.165) is 0 Å². The molecule has 3 aliphatic carbocycles. The van der Waals surface area contributed by atoms with Crippen molar-refractivity contribution < 1.29 is 44.3 Å². The Morgan fingerprint density at radius 1 is 1.15 bits per heavy atom. The van der Waals surface area contributed by atoms with E-state index in [9.17, 15) is 39.6 Å². The van der Waals surface area contributed by atoms with Gasteiger partial charge in [-0.1, -0.05) is 12.1 Å². The van der Waals surface area contributed by atoms with Crippen LogP contribution in [0, 0.1) is 11.8 Å². The molecule has 11 nitrogen and oxygen atoms in total. The third-order valence-electron chi connectivity index (χ3n) is 8.27. The number of benzene rings is 2. The van der Waals surface area contributed by atoms with Gasteiger partial charge in [0, 0.05) is 11.5 Å². The topological polar surface area (TPSA) is 188 Å². The van der Waals surface area contributed by atoms with Crippen LogP contribution in [0.3, 0.4) is 0 Å². The lowest BCUT2D eigenvalue weighted by Crippen LogP contribution is -2.65. The first-order chi connectivity index (χ1) is 18.9. The number of methoxy groups -OCH3 is 1. The van der Waals surface area contributed by atoms with Crippen molar-refractivity contribution in [2.24, 2.45) is 17.6 Å². The molecule has 1 saturated carbocycles. The lowest BCUT2D eigenvalue weighted by Gasteiger charge is -2.50. The highest BCUT2D eigenvalue weighted by Crippen LogP contribution is 2.53. The van der Waals surface area contributed by atoms with E-state index in [2.05, 4.69) is 0 Å². The number of ether oxygens (including phenoxy) is 1. The van der Waals surface area contributed by atoms with Gasteiger partial charge < -0.3 is 30.9 Å². The van der Waals surface area contributed by atoms with Crippen LogP contribution in [-0.2, 0) is 20.8 Å². The van der Waals surface area contributed by atoms with E-state index < -0.39 is 58.0 Å². The first-order valence-corrected chi connectivity index (χ1v) is 12.5. The Morgan fingerprint density at radius 2 is 1.85 bits per heavy atom. The number of fused-ring (bicyclic) bond motifs is 3. The summed E-state index contributed by atoms with van der Waals surface area (Å²) in [7, 11) is 4.52. The van der Waals surface area contributed by atoms with Gasteiger partial charge >= 0.3 is 0 Å². The van der Waals surface area contributed by atoms with Gasteiger partial charge in [-0.05, 0) is 67.7 Å². The number of amides is 1. The number of aromatic hydroxyl groups is 1. The summed E-state index contributed by atoms with van der Waals surface area (Å²) in [5, 5.41) is 44.8. The van der Waals surface area contributed by atoms with E-state index in [-0.39, 0.29) is 35.3 Å². The number of aliphatic hydroxyl groups is 3. The minimum absolute atomic E-state index is 0.0247. The number of nitrogens with zero attached hydrogens (tertiary/aromatic N) is 1. The van der Waals surface area contributed by atoms with Gasteiger partial charge in [0.05, 0.1) is 24.3 Å². The zero-order valence-electron chi connectivity index (χ0n) is 22.0. The average molecular weight is 549 g/mol. The number of phenols is 1. The monoisotopic (exact) mass is 548 g/mol. The quantitative estimate of drug-likeness (QED) is 0.270. The number of carbonyl (C=O) groups excluding carboxylic acids is 4. The van der Waals surface area contributed by atoms with Crippen LogP contribution in [0.5, 0.6) is 11.5 Å². The van der Waals surface area contributed by atoms with E-state index in [4.69, 9.17) is 10.5 Å². The van der Waals surface area contributed by atoms with E-state index >= 15 is 0 Å². The number of aliphatic hydroxyl groups excluding tert-OH is 2. The second-order valence-corrected chi connectivity index (χ2v) is 10.5. The van der Waals surface area contributed by atoms with E-state index in [1.165, 1.54) is 32.2 Å². The molecule has 0 aliphatic heterocycles. The molecule has 1 unspecified atom stereocenters. The summed E-state index contributed by atoms with van der Waals surface area (Å²) in [6.07, 6.45) is 0.747. The zero-order chi connectivity index (χ0) is 29.3. The number of hydrogen-bond donors (Lipinski definition) is 5. The van der Waals surface area contributed by atoms with Crippen molar-refractivity contribution >= 4 is 29.5 Å². The van der Waals surface area contributed by atoms with Crippen LogP contribution < -0.4 is 10.5 Å². The maximum Gasteiger partial charge on any atom is 0.255 e. The number of nitrogens with two attached hydrogens (primary N) is 1. The predicted octanol–water partition coefficient (Wildman–Crippen LogP) is 1.45. The van der Waals surface area contributed by atoms with Gasteiger partial charge in [-0.2, -0.15) is 0 Å². The van der Waals surface area contributed by atoms with Crippen LogP contribution in [0.25, 0.3) is 16.9 Å². The normalized spacial score (nSPS) is 25.9. The highest BCUT2D eigenvalue weighted by atomic mass is 16.5. The Bertz CT molecular complexity index is 1570. The SMILES string of the molecule is COc1ccc(-c2ccc(O)c3c2C[C@H]2C[C@H]4C(N(C)C)C(=O)C(C(N)=O)=C(O)[C@@]4(O)C(=O)C2=C3O)cc1C=O. The summed E-state index contributed by atoms with van der Waals surface area (Å²) >= 11 is 0. The number of carbonyl (C=O) groups is 4. The van der Waals surface area contributed by atoms with Crippen molar-refractivity contribution in [3.8, 4) is 22.6 Å². The number of primary amides is 1. The van der Waals surface area contributed by atoms with Crippen LogP contribution in [0.1, 0.15) is 27.9 Å². The Morgan fingerprint density at radius 3 is 2.45 bits per heavy atom. The molecular formula is C29H28N2O9. The van der Waals surface area contributed by atoms with Gasteiger partial charge in [0.1, 0.15) is 28.6 Å². The zero-order valence-corrected chi connectivity index (χ0v) is 22.0. The van der Waals surface area contributed by atoms with Crippen molar-refractivity contribution in [3.05, 3.63) is 63.9 Å². The molecule has 0 bridgehead atoms. The molecule has 2 aromatic rings. The molecule has 40 heavy (non-hydrogen) atoms. The molecule has 5 rings (SSSR count). The highest BCUT2D eigenvalue weighted by Gasteiger charge is 2.64. The molecule has 0 aromatic heterocycles. The van der Waals surface area contributed by atoms with Gasteiger partial charge in [-0.3, -0.25) is 24.1 Å². The largest absolute Gasteiger partial charge is 0.508 e. The summed E-state index contributed by atoms with van der Waals surface area (Å²) in [6.45, 7) is 0. The molecular weight excluding hydrogens is 520 g/mol. The fourth-order valence-corrected chi connectivity index (χ4v) is 6.51. The minimum Gasteiger partial charge on any atom is -0.508 e. The number of phenolic OH excluding ortho intramolecular Hbond substituents is 1. The molecule has 1 amide bonds. The molecule has 208 valence electrons. The lowest BCUT2D eigenvalue weighted by atomic mass is 9.57. The van der Waals surface area contributed by atoms with E-state index in [0.29, 0.717) is 28.7 Å². The predicted molar refractivity (Wildman–Crippen MR) is 142 cm³/mol. The minimum atomic E-state index is -2.70.